The van der Waals surface area contributed by atoms with Crippen LogP contribution in [0.4, 0.5) is 4.79 Å². The van der Waals surface area contributed by atoms with Crippen molar-refractivity contribution in [2.45, 2.75) is 13.8 Å². The molecule has 0 fully saturated rings. The van der Waals surface area contributed by atoms with Crippen LogP contribution in [0.1, 0.15) is 13.8 Å². The van der Waals surface area contributed by atoms with Crippen molar-refractivity contribution >= 4 is 12.2 Å². The maximum atomic E-state index is 11.3. The summed E-state index contributed by atoms with van der Waals surface area (Å²) in [6.07, 6.45) is 1.65. The smallest absolute Gasteiger partial charge is 0.308 e. The van der Waals surface area contributed by atoms with Gasteiger partial charge < -0.3 is 5.32 Å². The lowest BCUT2D eigenvalue weighted by Gasteiger charge is -2.26. The van der Waals surface area contributed by atoms with Gasteiger partial charge in [0, 0.05) is 24.5 Å². The average Bonchev–Trinajstić information content (AvgIpc) is 2.09. The first-order valence-electron chi connectivity index (χ1n) is 4.01. The number of allylic oxidation sites excluding steroid dienone is 1. The fourth-order valence-corrected chi connectivity index (χ4v) is 1.10. The van der Waals surface area contributed by atoms with Crippen LogP contribution in [0.25, 0.3) is 0 Å². The predicted molar refractivity (Wildman–Crippen MR) is 52.3 cm³/mol. The van der Waals surface area contributed by atoms with Gasteiger partial charge in [-0.25, -0.2) is 9.79 Å². The number of hydrogen-bond acceptors (Lipinski definition) is 2. The second kappa shape index (κ2) is 3.43. The van der Waals surface area contributed by atoms with Crippen LogP contribution in [-0.2, 0) is 0 Å². The monoisotopic (exact) mass is 179 g/mol. The first-order valence-corrected chi connectivity index (χ1v) is 4.01. The number of nitrogens with one attached hydrogen (secondary N) is 1. The van der Waals surface area contributed by atoms with Crippen LogP contribution >= 0.6 is 0 Å². The highest BCUT2D eigenvalue weighted by molar-refractivity contribution is 5.81. The Labute approximate surface area is 77.6 Å². The van der Waals surface area contributed by atoms with Crippen LogP contribution in [-0.4, -0.2) is 24.2 Å². The van der Waals surface area contributed by atoms with Gasteiger partial charge >= 0.3 is 6.03 Å². The molecule has 0 saturated heterocycles. The van der Waals surface area contributed by atoms with E-state index in [2.05, 4.69) is 16.9 Å². The molecule has 0 bridgehead atoms. The molecule has 4 heteroatoms. The molecule has 0 aliphatic carbocycles. The van der Waals surface area contributed by atoms with E-state index >= 15 is 0 Å². The Morgan fingerprint density at radius 1 is 1.62 bits per heavy atom. The van der Waals surface area contributed by atoms with Crippen molar-refractivity contribution in [1.29, 1.82) is 0 Å². The van der Waals surface area contributed by atoms with Crippen molar-refractivity contribution in [3.8, 4) is 0 Å². The molecule has 0 aromatic rings. The molecule has 0 atom stereocenters. The second-order valence-electron chi connectivity index (χ2n) is 2.80. The average molecular weight is 179 g/mol. The summed E-state index contributed by atoms with van der Waals surface area (Å²) in [5, 5.41) is 2.63. The zero-order valence-corrected chi connectivity index (χ0v) is 8.09. The van der Waals surface area contributed by atoms with E-state index in [0.29, 0.717) is 11.5 Å². The van der Waals surface area contributed by atoms with Gasteiger partial charge in [-0.1, -0.05) is 6.58 Å². The third-order valence-electron chi connectivity index (χ3n) is 1.92. The summed E-state index contributed by atoms with van der Waals surface area (Å²) in [4.78, 5) is 16.8. The summed E-state index contributed by atoms with van der Waals surface area (Å²) >= 11 is 0. The molecule has 0 aromatic carbocycles. The molecule has 1 rings (SSSR count). The van der Waals surface area contributed by atoms with Gasteiger partial charge in [0.25, 0.3) is 0 Å². The van der Waals surface area contributed by atoms with Gasteiger partial charge in [-0.05, 0) is 13.8 Å². The molecule has 0 saturated carbocycles. The molecule has 4 nitrogen and oxygen atoms in total. The van der Waals surface area contributed by atoms with Gasteiger partial charge in [0.1, 0.15) is 5.82 Å². The van der Waals surface area contributed by atoms with Crippen LogP contribution in [0.2, 0.25) is 0 Å². The summed E-state index contributed by atoms with van der Waals surface area (Å²) < 4.78 is 0. The number of carbonyl (C=O) groups is 1. The maximum Gasteiger partial charge on any atom is 0.327 e. The summed E-state index contributed by atoms with van der Waals surface area (Å²) in [6, 6.07) is -0.198. The Hall–Kier alpha value is -1.58. The van der Waals surface area contributed by atoms with Crippen LogP contribution in [0, 0.1) is 0 Å². The van der Waals surface area contributed by atoms with Gasteiger partial charge in [-0.3, -0.25) is 4.90 Å². The Kier molecular flexibility index (Phi) is 2.51. The molecular weight excluding hydrogens is 166 g/mol. The first-order chi connectivity index (χ1) is 6.07. The van der Waals surface area contributed by atoms with Crippen molar-refractivity contribution in [2.24, 2.45) is 4.99 Å². The van der Waals surface area contributed by atoms with Gasteiger partial charge in [0.05, 0.1) is 0 Å². The lowest BCUT2D eigenvalue weighted by Crippen LogP contribution is -2.40. The Bertz CT molecular complexity index is 315. The van der Waals surface area contributed by atoms with Crippen LogP contribution in [0.5, 0.6) is 0 Å². The van der Waals surface area contributed by atoms with Crippen molar-refractivity contribution < 1.29 is 4.79 Å². The van der Waals surface area contributed by atoms with E-state index in [0.717, 1.165) is 5.57 Å². The second-order valence-corrected chi connectivity index (χ2v) is 2.80. The highest BCUT2D eigenvalue weighted by Crippen LogP contribution is 2.19. The zero-order valence-electron chi connectivity index (χ0n) is 8.09. The van der Waals surface area contributed by atoms with E-state index < -0.39 is 0 Å². The van der Waals surface area contributed by atoms with E-state index in [9.17, 15) is 4.79 Å². The molecule has 0 radical (unpaired) electrons. The Morgan fingerprint density at radius 2 is 2.23 bits per heavy atom. The Balaban J connectivity index is 3.15. The lowest BCUT2D eigenvalue weighted by atomic mass is 10.2. The number of rotatable bonds is 1. The molecule has 0 aromatic heterocycles. The maximum absolute atomic E-state index is 11.3. The highest BCUT2D eigenvalue weighted by atomic mass is 16.2. The summed E-state index contributed by atoms with van der Waals surface area (Å²) in [6.45, 7) is 7.41. The van der Waals surface area contributed by atoms with E-state index in [1.807, 2.05) is 13.8 Å². The number of amides is 2. The van der Waals surface area contributed by atoms with E-state index in [-0.39, 0.29) is 6.03 Å². The number of aliphatic imine (C=N–C) groups is 1. The fourth-order valence-electron chi connectivity index (χ4n) is 1.10. The first kappa shape index (κ1) is 9.51. The molecule has 1 aliphatic heterocycles. The normalized spacial score (nSPS) is 18.5. The predicted octanol–water partition coefficient (Wildman–Crippen LogP) is 1.48. The number of nitrogens with zero attached hydrogens (tertiary/aromatic N) is 2. The van der Waals surface area contributed by atoms with Gasteiger partial charge in [0.2, 0.25) is 0 Å². The highest BCUT2D eigenvalue weighted by Gasteiger charge is 2.22. The van der Waals surface area contributed by atoms with Crippen molar-refractivity contribution in [3.05, 3.63) is 23.7 Å². The van der Waals surface area contributed by atoms with Crippen molar-refractivity contribution in [3.63, 3.8) is 0 Å². The largest absolute Gasteiger partial charge is 0.327 e. The molecule has 1 N–H and O–H groups in total. The van der Waals surface area contributed by atoms with Crippen LogP contribution in [0.15, 0.2) is 28.7 Å². The van der Waals surface area contributed by atoms with Crippen LogP contribution in [0.3, 0.4) is 0 Å². The van der Waals surface area contributed by atoms with E-state index in [4.69, 9.17) is 0 Å². The van der Waals surface area contributed by atoms with Gasteiger partial charge in [-0.2, -0.15) is 0 Å². The summed E-state index contributed by atoms with van der Waals surface area (Å²) in [5.41, 5.74) is 1.50. The topological polar surface area (TPSA) is 44.7 Å². The summed E-state index contributed by atoms with van der Waals surface area (Å²) in [7, 11) is 1.67. The fraction of sp³-hybridized carbons (Fsp3) is 0.333. The molecule has 2 amide bonds. The van der Waals surface area contributed by atoms with Gasteiger partial charge in [0.15, 0.2) is 0 Å². The quantitative estimate of drug-likeness (QED) is 0.609. The van der Waals surface area contributed by atoms with Crippen LogP contribution < -0.4 is 5.32 Å². The van der Waals surface area contributed by atoms with E-state index in [1.165, 1.54) is 4.90 Å². The van der Waals surface area contributed by atoms with Crippen molar-refractivity contribution in [1.82, 2.24) is 10.2 Å². The minimum atomic E-state index is -0.198. The van der Waals surface area contributed by atoms with E-state index in [1.54, 1.807) is 13.3 Å². The Morgan fingerprint density at radius 3 is 2.77 bits per heavy atom. The minimum Gasteiger partial charge on any atom is -0.308 e. The number of hydrogen-bond donors (Lipinski definition) is 1. The number of carbonyl (C=O) groups excluding carboxylic acids is 1. The summed E-state index contributed by atoms with van der Waals surface area (Å²) in [5.74, 6) is 0.649. The zero-order chi connectivity index (χ0) is 10.0. The molecular formula is C9H13N3O. The van der Waals surface area contributed by atoms with Gasteiger partial charge in [-0.15, -0.1) is 0 Å². The molecule has 1 aliphatic rings. The van der Waals surface area contributed by atoms with Crippen molar-refractivity contribution in [2.75, 3.05) is 7.05 Å². The molecule has 0 spiro atoms. The SMILES string of the molecule is C=C1NC(=O)N(C)C(/N=C\C)=C1C. The third kappa shape index (κ3) is 1.61. The molecule has 0 unspecified atom stereocenters. The standard InChI is InChI=1S/C9H13N3O/c1-5-10-8-6(2)7(3)11-9(13)12(8)4/h5H,3H2,1-2,4H3,(H,11,13)/b10-5-. The minimum absolute atomic E-state index is 0.198. The third-order valence-corrected chi connectivity index (χ3v) is 1.92. The molecule has 70 valence electrons. The lowest BCUT2D eigenvalue weighted by molar-refractivity contribution is 0.219. The number of urea groups is 1. The molecule has 13 heavy (non-hydrogen) atoms. The molecule has 1 heterocycles.